The molecule has 1 aliphatic rings. The second-order valence-electron chi connectivity index (χ2n) is 4.55. The van der Waals surface area contributed by atoms with Crippen LogP contribution >= 0.6 is 22.9 Å². The third-order valence-electron chi connectivity index (χ3n) is 3.43. The zero-order chi connectivity index (χ0) is 11.5. The maximum absolute atomic E-state index is 5.96. The van der Waals surface area contributed by atoms with Crippen molar-refractivity contribution in [1.82, 2.24) is 4.90 Å². The van der Waals surface area contributed by atoms with Gasteiger partial charge in [-0.25, -0.2) is 0 Å². The molecule has 2 heterocycles. The molecule has 0 saturated carbocycles. The lowest BCUT2D eigenvalue weighted by atomic mass is 9.96. The van der Waals surface area contributed by atoms with E-state index in [-0.39, 0.29) is 0 Å². The summed E-state index contributed by atoms with van der Waals surface area (Å²) in [6.07, 6.45) is 3.83. The van der Waals surface area contributed by atoms with Crippen molar-refractivity contribution in [2.75, 3.05) is 6.54 Å². The minimum atomic E-state index is 0.546. The van der Waals surface area contributed by atoms with Gasteiger partial charge in [0.1, 0.15) is 0 Å². The van der Waals surface area contributed by atoms with Crippen LogP contribution in [-0.4, -0.2) is 23.5 Å². The molecule has 1 aromatic rings. The third-order valence-corrected chi connectivity index (χ3v) is 4.65. The number of nitrogens with zero attached hydrogens (tertiary/aromatic N) is 1. The monoisotopic (exact) mass is 258 g/mol. The topological polar surface area (TPSA) is 29.3 Å². The summed E-state index contributed by atoms with van der Waals surface area (Å²) >= 11 is 7.64. The number of hydrogen-bond donors (Lipinski definition) is 1. The van der Waals surface area contributed by atoms with Gasteiger partial charge in [-0.15, -0.1) is 11.3 Å². The molecule has 1 fully saturated rings. The van der Waals surface area contributed by atoms with Gasteiger partial charge in [0, 0.05) is 30.1 Å². The Bertz CT molecular complexity index is 340. The first-order valence-corrected chi connectivity index (χ1v) is 7.10. The van der Waals surface area contributed by atoms with Gasteiger partial charge in [-0.05, 0) is 31.9 Å². The molecule has 0 radical (unpaired) electrons. The van der Waals surface area contributed by atoms with Gasteiger partial charge in [0.15, 0.2) is 0 Å². The van der Waals surface area contributed by atoms with E-state index in [2.05, 4.69) is 17.9 Å². The van der Waals surface area contributed by atoms with Crippen LogP contribution in [0.1, 0.15) is 31.1 Å². The minimum Gasteiger partial charge on any atom is -0.329 e. The van der Waals surface area contributed by atoms with E-state index in [0.717, 1.165) is 17.4 Å². The number of thiophene rings is 1. The summed E-state index contributed by atoms with van der Waals surface area (Å²) < 4.78 is 0.879. The number of halogens is 1. The Balaban J connectivity index is 2.05. The molecule has 1 aromatic heterocycles. The standard InChI is InChI=1S/C12H19ClN2S/c1-9-3-2-4-10(7-14)15(9)8-11-5-6-12(13)16-11/h5-6,9-10H,2-4,7-8,14H2,1H3. The molecule has 0 aromatic carbocycles. The first-order valence-electron chi connectivity index (χ1n) is 5.90. The van der Waals surface area contributed by atoms with Crippen molar-refractivity contribution in [1.29, 1.82) is 0 Å². The van der Waals surface area contributed by atoms with Crippen LogP contribution in [0.25, 0.3) is 0 Å². The second-order valence-corrected chi connectivity index (χ2v) is 6.35. The molecule has 4 heteroatoms. The van der Waals surface area contributed by atoms with Crippen molar-refractivity contribution >= 4 is 22.9 Å². The Morgan fingerprint density at radius 1 is 1.50 bits per heavy atom. The highest BCUT2D eigenvalue weighted by Gasteiger charge is 2.26. The molecular formula is C12H19ClN2S. The molecule has 1 saturated heterocycles. The molecule has 0 amide bonds. The van der Waals surface area contributed by atoms with Gasteiger partial charge in [-0.2, -0.15) is 0 Å². The predicted molar refractivity (Wildman–Crippen MR) is 71.0 cm³/mol. The third kappa shape index (κ3) is 2.77. The molecule has 16 heavy (non-hydrogen) atoms. The van der Waals surface area contributed by atoms with Crippen molar-refractivity contribution in [2.45, 2.75) is 44.8 Å². The Morgan fingerprint density at radius 3 is 2.94 bits per heavy atom. The molecule has 1 aliphatic heterocycles. The minimum absolute atomic E-state index is 0.546. The molecule has 2 atom stereocenters. The van der Waals surface area contributed by atoms with Gasteiger partial charge in [-0.1, -0.05) is 18.0 Å². The Morgan fingerprint density at radius 2 is 2.31 bits per heavy atom. The normalized spacial score (nSPS) is 27.2. The predicted octanol–water partition coefficient (Wildman–Crippen LogP) is 3.10. The van der Waals surface area contributed by atoms with E-state index in [4.69, 9.17) is 17.3 Å². The highest BCUT2D eigenvalue weighted by Crippen LogP contribution is 2.28. The smallest absolute Gasteiger partial charge is 0.0931 e. The molecule has 2 rings (SSSR count). The van der Waals surface area contributed by atoms with Crippen LogP contribution < -0.4 is 5.73 Å². The lowest BCUT2D eigenvalue weighted by molar-refractivity contribution is 0.0904. The average molecular weight is 259 g/mol. The molecule has 2 nitrogen and oxygen atoms in total. The first kappa shape index (κ1) is 12.4. The number of piperidine rings is 1. The number of hydrogen-bond acceptors (Lipinski definition) is 3. The lowest BCUT2D eigenvalue weighted by Crippen LogP contribution is -2.48. The van der Waals surface area contributed by atoms with Crippen molar-refractivity contribution in [3.8, 4) is 0 Å². The maximum Gasteiger partial charge on any atom is 0.0931 e. The first-order chi connectivity index (χ1) is 7.70. The van der Waals surface area contributed by atoms with E-state index in [0.29, 0.717) is 12.1 Å². The number of rotatable bonds is 3. The summed E-state index contributed by atoms with van der Waals surface area (Å²) in [5, 5.41) is 0. The molecule has 90 valence electrons. The van der Waals surface area contributed by atoms with Gasteiger partial charge in [0.2, 0.25) is 0 Å². The maximum atomic E-state index is 5.96. The van der Waals surface area contributed by atoms with Crippen molar-refractivity contribution in [2.24, 2.45) is 5.73 Å². The fraction of sp³-hybridized carbons (Fsp3) is 0.667. The molecule has 0 spiro atoms. The molecule has 2 unspecified atom stereocenters. The zero-order valence-electron chi connectivity index (χ0n) is 9.66. The molecule has 0 aliphatic carbocycles. The van der Waals surface area contributed by atoms with Crippen LogP contribution in [0.15, 0.2) is 12.1 Å². The van der Waals surface area contributed by atoms with Crippen molar-refractivity contribution in [3.63, 3.8) is 0 Å². The summed E-state index contributed by atoms with van der Waals surface area (Å²) in [6, 6.07) is 5.29. The Labute approximate surface area is 106 Å². The highest BCUT2D eigenvalue weighted by molar-refractivity contribution is 7.16. The second kappa shape index (κ2) is 5.50. The largest absolute Gasteiger partial charge is 0.329 e. The van der Waals surface area contributed by atoms with Crippen LogP contribution in [0, 0.1) is 0 Å². The molecule has 2 N–H and O–H groups in total. The molecular weight excluding hydrogens is 240 g/mol. The van der Waals surface area contributed by atoms with Gasteiger partial charge in [0.25, 0.3) is 0 Å². The van der Waals surface area contributed by atoms with E-state index in [1.807, 2.05) is 6.07 Å². The van der Waals surface area contributed by atoms with Crippen molar-refractivity contribution in [3.05, 3.63) is 21.3 Å². The van der Waals surface area contributed by atoms with Crippen molar-refractivity contribution < 1.29 is 0 Å². The van der Waals surface area contributed by atoms with E-state index in [9.17, 15) is 0 Å². The summed E-state index contributed by atoms with van der Waals surface area (Å²) in [5.41, 5.74) is 5.85. The number of nitrogens with two attached hydrogens (primary N) is 1. The van der Waals surface area contributed by atoms with E-state index < -0.39 is 0 Å². The zero-order valence-corrected chi connectivity index (χ0v) is 11.2. The average Bonchev–Trinajstić information content (AvgIpc) is 2.67. The van der Waals surface area contributed by atoms with Gasteiger partial charge >= 0.3 is 0 Å². The SMILES string of the molecule is CC1CCCC(CN)N1Cc1ccc(Cl)s1. The fourth-order valence-corrected chi connectivity index (χ4v) is 3.59. The van der Waals surface area contributed by atoms with E-state index in [1.54, 1.807) is 11.3 Å². The van der Waals surface area contributed by atoms with Gasteiger partial charge < -0.3 is 5.73 Å². The quantitative estimate of drug-likeness (QED) is 0.903. The lowest BCUT2D eigenvalue weighted by Gasteiger charge is -2.40. The Hall–Kier alpha value is -0.0900. The highest BCUT2D eigenvalue weighted by atomic mass is 35.5. The van der Waals surface area contributed by atoms with E-state index >= 15 is 0 Å². The summed E-state index contributed by atoms with van der Waals surface area (Å²) in [7, 11) is 0. The van der Waals surface area contributed by atoms with Gasteiger partial charge in [0.05, 0.1) is 4.34 Å². The number of likely N-dealkylation sites (tertiary alicyclic amines) is 1. The molecule has 0 bridgehead atoms. The van der Waals surface area contributed by atoms with Crippen LogP contribution in [-0.2, 0) is 6.54 Å². The van der Waals surface area contributed by atoms with E-state index in [1.165, 1.54) is 24.1 Å². The van der Waals surface area contributed by atoms with Gasteiger partial charge in [-0.3, -0.25) is 4.90 Å². The van der Waals surface area contributed by atoms with Crippen LogP contribution in [0.2, 0.25) is 4.34 Å². The fourth-order valence-electron chi connectivity index (χ4n) is 2.50. The van der Waals surface area contributed by atoms with Crippen LogP contribution in [0.5, 0.6) is 0 Å². The summed E-state index contributed by atoms with van der Waals surface area (Å²) in [4.78, 5) is 3.88. The summed E-state index contributed by atoms with van der Waals surface area (Å²) in [6.45, 7) is 4.07. The van der Waals surface area contributed by atoms with Crippen LogP contribution in [0.3, 0.4) is 0 Å². The Kier molecular flexibility index (Phi) is 4.25. The summed E-state index contributed by atoms with van der Waals surface area (Å²) in [5.74, 6) is 0. The van der Waals surface area contributed by atoms with Crippen LogP contribution in [0.4, 0.5) is 0 Å².